The number of benzene rings is 3. The lowest BCUT2D eigenvalue weighted by atomic mass is 9.99. The summed E-state index contributed by atoms with van der Waals surface area (Å²) in [4.78, 5) is 11.7. The summed E-state index contributed by atoms with van der Waals surface area (Å²) in [7, 11) is 0. The number of ether oxygens (including phenoxy) is 1. The van der Waals surface area contributed by atoms with Gasteiger partial charge in [-0.2, -0.15) is 0 Å². The average molecular weight is 410 g/mol. The zero-order valence-electron chi connectivity index (χ0n) is 14.3. The van der Waals surface area contributed by atoms with Gasteiger partial charge in [-0.15, -0.1) is 0 Å². The van der Waals surface area contributed by atoms with Crippen LogP contribution in [0.4, 0.5) is 0 Å². The molecular formula is C22H20BrNO2. The first-order chi connectivity index (χ1) is 12.6. The second kappa shape index (κ2) is 8.68. The Balaban J connectivity index is 1.74. The minimum atomic E-state index is -0.407. The molecular weight excluding hydrogens is 390 g/mol. The maximum Gasteiger partial charge on any atom is 0.249 e. The van der Waals surface area contributed by atoms with Gasteiger partial charge in [0.1, 0.15) is 12.4 Å². The number of carbonyl (C=O) groups excluding carboxylic acids is 1. The molecule has 4 heteroatoms. The van der Waals surface area contributed by atoms with Gasteiger partial charge in [-0.3, -0.25) is 4.79 Å². The van der Waals surface area contributed by atoms with Gasteiger partial charge in [-0.05, 0) is 47.7 Å². The fraction of sp³-hybridized carbons (Fsp3) is 0.136. The summed E-state index contributed by atoms with van der Waals surface area (Å²) < 4.78 is 6.92. The van der Waals surface area contributed by atoms with Crippen LogP contribution in [0.25, 0.3) is 0 Å². The van der Waals surface area contributed by atoms with Crippen LogP contribution in [-0.2, 0) is 19.4 Å². The highest BCUT2D eigenvalue weighted by atomic mass is 79.9. The molecule has 0 spiro atoms. The van der Waals surface area contributed by atoms with E-state index in [4.69, 9.17) is 10.5 Å². The van der Waals surface area contributed by atoms with E-state index in [1.807, 2.05) is 60.7 Å². The predicted molar refractivity (Wildman–Crippen MR) is 107 cm³/mol. The fourth-order valence-electron chi connectivity index (χ4n) is 2.89. The molecule has 26 heavy (non-hydrogen) atoms. The molecule has 0 aliphatic carbocycles. The van der Waals surface area contributed by atoms with Gasteiger partial charge in [0, 0.05) is 10.0 Å². The van der Waals surface area contributed by atoms with Crippen molar-refractivity contribution in [1.82, 2.24) is 0 Å². The Morgan fingerprint density at radius 2 is 1.62 bits per heavy atom. The van der Waals surface area contributed by atoms with E-state index in [2.05, 4.69) is 22.0 Å². The second-order valence-corrected chi connectivity index (χ2v) is 6.87. The molecule has 0 aromatic heterocycles. The summed E-state index contributed by atoms with van der Waals surface area (Å²) >= 11 is 3.53. The van der Waals surface area contributed by atoms with E-state index < -0.39 is 5.91 Å². The van der Waals surface area contributed by atoms with Gasteiger partial charge in [0.15, 0.2) is 0 Å². The van der Waals surface area contributed by atoms with Crippen molar-refractivity contribution >= 4 is 21.8 Å². The molecule has 0 saturated heterocycles. The minimum absolute atomic E-state index is 0.407. The van der Waals surface area contributed by atoms with Crippen LogP contribution in [0, 0.1) is 0 Å². The predicted octanol–water partition coefficient (Wildman–Crippen LogP) is 4.91. The standard InChI is InChI=1S/C22H20BrNO2/c23-20-11-6-10-19(22(24)25)18(20)14-13-17-9-4-5-12-21(17)26-15-16-7-2-1-3-8-16/h1-12H,13-15H2,(H2,24,25). The molecule has 3 nitrogen and oxygen atoms in total. The number of hydrogen-bond acceptors (Lipinski definition) is 2. The Morgan fingerprint density at radius 1 is 0.885 bits per heavy atom. The van der Waals surface area contributed by atoms with Crippen LogP contribution in [-0.4, -0.2) is 5.91 Å². The highest BCUT2D eigenvalue weighted by molar-refractivity contribution is 9.10. The average Bonchev–Trinajstić information content (AvgIpc) is 2.66. The molecule has 3 rings (SSSR count). The number of hydrogen-bond donors (Lipinski definition) is 1. The van der Waals surface area contributed by atoms with Crippen LogP contribution < -0.4 is 10.5 Å². The zero-order chi connectivity index (χ0) is 18.4. The molecule has 0 fully saturated rings. The number of aryl methyl sites for hydroxylation is 1. The highest BCUT2D eigenvalue weighted by Crippen LogP contribution is 2.25. The van der Waals surface area contributed by atoms with E-state index in [0.29, 0.717) is 18.6 Å². The lowest BCUT2D eigenvalue weighted by Gasteiger charge is -2.13. The first-order valence-corrected chi connectivity index (χ1v) is 9.26. The molecule has 0 atom stereocenters. The SMILES string of the molecule is NC(=O)c1cccc(Br)c1CCc1ccccc1OCc1ccccc1. The number of nitrogens with two attached hydrogens (primary N) is 1. The van der Waals surface area contributed by atoms with Crippen LogP contribution in [0.1, 0.15) is 27.0 Å². The first-order valence-electron chi connectivity index (χ1n) is 8.47. The number of rotatable bonds is 7. The number of carbonyl (C=O) groups is 1. The maximum atomic E-state index is 11.7. The van der Waals surface area contributed by atoms with Crippen LogP contribution >= 0.6 is 15.9 Å². The quantitative estimate of drug-likeness (QED) is 0.602. The molecule has 0 aliphatic heterocycles. The Bertz CT molecular complexity index is 894. The topological polar surface area (TPSA) is 52.3 Å². The number of amides is 1. The maximum absolute atomic E-state index is 11.7. The van der Waals surface area contributed by atoms with E-state index >= 15 is 0 Å². The highest BCUT2D eigenvalue weighted by Gasteiger charge is 2.12. The van der Waals surface area contributed by atoms with E-state index in [9.17, 15) is 4.79 Å². The van der Waals surface area contributed by atoms with Crippen molar-refractivity contribution in [3.63, 3.8) is 0 Å². The molecule has 0 aliphatic rings. The van der Waals surface area contributed by atoms with E-state index in [-0.39, 0.29) is 0 Å². The van der Waals surface area contributed by atoms with Crippen LogP contribution in [0.5, 0.6) is 5.75 Å². The van der Waals surface area contributed by atoms with Crippen molar-refractivity contribution in [2.75, 3.05) is 0 Å². The molecule has 1 amide bonds. The smallest absolute Gasteiger partial charge is 0.249 e. The Kier molecular flexibility index (Phi) is 6.08. The van der Waals surface area contributed by atoms with Gasteiger partial charge < -0.3 is 10.5 Å². The second-order valence-electron chi connectivity index (χ2n) is 6.01. The molecule has 0 radical (unpaired) electrons. The monoisotopic (exact) mass is 409 g/mol. The molecule has 2 N–H and O–H groups in total. The summed E-state index contributed by atoms with van der Waals surface area (Å²) in [5, 5.41) is 0. The van der Waals surface area contributed by atoms with Crippen LogP contribution in [0.15, 0.2) is 77.3 Å². The summed E-state index contributed by atoms with van der Waals surface area (Å²) in [6, 6.07) is 23.6. The molecule has 0 saturated carbocycles. The van der Waals surface area contributed by atoms with Gasteiger partial charge in [-0.1, -0.05) is 70.5 Å². The van der Waals surface area contributed by atoms with Crippen molar-refractivity contribution in [3.8, 4) is 5.75 Å². The summed E-state index contributed by atoms with van der Waals surface area (Å²) in [6.07, 6.45) is 1.46. The molecule has 3 aromatic carbocycles. The van der Waals surface area contributed by atoms with Gasteiger partial charge in [0.2, 0.25) is 5.91 Å². The van der Waals surface area contributed by atoms with Crippen LogP contribution in [0.3, 0.4) is 0 Å². The van der Waals surface area contributed by atoms with Crippen molar-refractivity contribution < 1.29 is 9.53 Å². The van der Waals surface area contributed by atoms with Gasteiger partial charge in [0.25, 0.3) is 0 Å². The van der Waals surface area contributed by atoms with Crippen molar-refractivity contribution in [2.45, 2.75) is 19.4 Å². The van der Waals surface area contributed by atoms with Crippen LogP contribution in [0.2, 0.25) is 0 Å². The zero-order valence-corrected chi connectivity index (χ0v) is 15.9. The lowest BCUT2D eigenvalue weighted by Crippen LogP contribution is -2.14. The number of para-hydroxylation sites is 1. The largest absolute Gasteiger partial charge is 0.489 e. The molecule has 0 bridgehead atoms. The normalized spacial score (nSPS) is 10.5. The van der Waals surface area contributed by atoms with E-state index in [1.165, 1.54) is 0 Å². The molecule has 3 aromatic rings. The number of primary amides is 1. The molecule has 0 unspecified atom stereocenters. The third kappa shape index (κ3) is 4.52. The van der Waals surface area contributed by atoms with Gasteiger partial charge in [-0.25, -0.2) is 0 Å². The van der Waals surface area contributed by atoms with Crippen molar-refractivity contribution in [3.05, 3.63) is 99.5 Å². The van der Waals surface area contributed by atoms with Crippen molar-refractivity contribution in [1.29, 1.82) is 0 Å². The summed E-state index contributed by atoms with van der Waals surface area (Å²) in [6.45, 7) is 0.527. The molecule has 132 valence electrons. The summed E-state index contributed by atoms with van der Waals surface area (Å²) in [5.41, 5.74) is 9.23. The Hall–Kier alpha value is -2.59. The number of halogens is 1. The van der Waals surface area contributed by atoms with Crippen molar-refractivity contribution in [2.24, 2.45) is 5.73 Å². The van der Waals surface area contributed by atoms with Gasteiger partial charge in [0.05, 0.1) is 0 Å². The fourth-order valence-corrected chi connectivity index (χ4v) is 3.45. The van der Waals surface area contributed by atoms with E-state index in [1.54, 1.807) is 6.07 Å². The third-order valence-electron chi connectivity index (χ3n) is 4.24. The Labute approximate surface area is 161 Å². The first kappa shape index (κ1) is 18.2. The van der Waals surface area contributed by atoms with E-state index in [0.717, 1.165) is 33.3 Å². The summed E-state index contributed by atoms with van der Waals surface area (Å²) in [5.74, 6) is 0.457. The lowest BCUT2D eigenvalue weighted by molar-refractivity contribution is 0.0999. The third-order valence-corrected chi connectivity index (χ3v) is 4.98. The molecule has 0 heterocycles. The van der Waals surface area contributed by atoms with Gasteiger partial charge >= 0.3 is 0 Å². The Morgan fingerprint density at radius 3 is 2.38 bits per heavy atom. The minimum Gasteiger partial charge on any atom is -0.489 e.